The van der Waals surface area contributed by atoms with E-state index in [1.165, 1.54) is 6.08 Å². The Balaban J connectivity index is 2.52. The molecule has 0 saturated carbocycles. The van der Waals surface area contributed by atoms with Crippen LogP contribution in [0.15, 0.2) is 24.3 Å². The van der Waals surface area contributed by atoms with E-state index in [1.54, 1.807) is 25.3 Å². The molecular weight excluding hydrogens is 272 g/mol. The van der Waals surface area contributed by atoms with Crippen molar-refractivity contribution >= 4 is 12.0 Å². The lowest BCUT2D eigenvalue weighted by molar-refractivity contribution is -0.131. The van der Waals surface area contributed by atoms with Gasteiger partial charge in [0.15, 0.2) is 11.5 Å². The first-order chi connectivity index (χ1) is 10.2. The van der Waals surface area contributed by atoms with E-state index in [0.717, 1.165) is 37.3 Å². The molecular formula is C16H22O5. The zero-order chi connectivity index (χ0) is 15.5. The van der Waals surface area contributed by atoms with Crippen LogP contribution in [0.5, 0.6) is 11.5 Å². The van der Waals surface area contributed by atoms with Crippen LogP contribution in [0.1, 0.15) is 31.2 Å². The summed E-state index contributed by atoms with van der Waals surface area (Å²) in [6.45, 7) is 0.825. The zero-order valence-electron chi connectivity index (χ0n) is 12.2. The molecule has 21 heavy (non-hydrogen) atoms. The Labute approximate surface area is 124 Å². The number of aliphatic carboxylic acids is 1. The maximum Gasteiger partial charge on any atom is 0.328 e. The summed E-state index contributed by atoms with van der Waals surface area (Å²) in [5.74, 6) is 0.238. The van der Waals surface area contributed by atoms with E-state index in [0.29, 0.717) is 18.1 Å². The molecule has 0 bridgehead atoms. The average molecular weight is 294 g/mol. The molecule has 0 aromatic heterocycles. The molecule has 0 heterocycles. The van der Waals surface area contributed by atoms with Crippen molar-refractivity contribution in [3.05, 3.63) is 29.8 Å². The van der Waals surface area contributed by atoms with E-state index >= 15 is 0 Å². The van der Waals surface area contributed by atoms with E-state index in [2.05, 4.69) is 0 Å². The molecule has 2 N–H and O–H groups in total. The molecule has 116 valence electrons. The minimum Gasteiger partial charge on any atom is -0.493 e. The number of methoxy groups -OCH3 is 1. The summed E-state index contributed by atoms with van der Waals surface area (Å²) in [5, 5.41) is 17.3. The summed E-state index contributed by atoms with van der Waals surface area (Å²) in [6.07, 6.45) is 6.34. The molecule has 0 unspecified atom stereocenters. The number of ether oxygens (including phenoxy) is 2. The van der Waals surface area contributed by atoms with Crippen LogP contribution in [0.3, 0.4) is 0 Å². The van der Waals surface area contributed by atoms with E-state index in [4.69, 9.17) is 19.7 Å². The second-order valence-electron chi connectivity index (χ2n) is 4.57. The first-order valence-corrected chi connectivity index (χ1v) is 7.00. The number of carbonyl (C=O) groups is 1. The Morgan fingerprint density at radius 2 is 1.95 bits per heavy atom. The smallest absolute Gasteiger partial charge is 0.328 e. The van der Waals surface area contributed by atoms with Gasteiger partial charge in [0.25, 0.3) is 0 Å². The van der Waals surface area contributed by atoms with Crippen LogP contribution in [-0.4, -0.2) is 36.5 Å². The van der Waals surface area contributed by atoms with Crippen molar-refractivity contribution in [2.24, 2.45) is 0 Å². The highest BCUT2D eigenvalue weighted by atomic mass is 16.5. The van der Waals surface area contributed by atoms with E-state index in [1.807, 2.05) is 0 Å². The van der Waals surface area contributed by atoms with Crippen molar-refractivity contribution in [3.8, 4) is 11.5 Å². The van der Waals surface area contributed by atoms with Gasteiger partial charge in [0.1, 0.15) is 0 Å². The maximum atomic E-state index is 10.5. The number of carboxylic acids is 1. The summed E-state index contributed by atoms with van der Waals surface area (Å²) in [5.41, 5.74) is 0.740. The third-order valence-corrected chi connectivity index (χ3v) is 2.92. The van der Waals surface area contributed by atoms with Gasteiger partial charge in [0, 0.05) is 12.7 Å². The SMILES string of the molecule is COc1cc(C=CC(=O)O)ccc1OCCCCCCO. The van der Waals surface area contributed by atoms with Crippen LogP contribution in [0.4, 0.5) is 0 Å². The van der Waals surface area contributed by atoms with Gasteiger partial charge in [-0.1, -0.05) is 12.5 Å². The number of carboxylic acid groups (broad SMARTS) is 1. The quantitative estimate of drug-likeness (QED) is 0.512. The molecule has 0 fully saturated rings. The summed E-state index contributed by atoms with van der Waals surface area (Å²) in [6, 6.07) is 5.29. The summed E-state index contributed by atoms with van der Waals surface area (Å²) in [4.78, 5) is 10.5. The van der Waals surface area contributed by atoms with Gasteiger partial charge in [-0.25, -0.2) is 4.79 Å². The maximum absolute atomic E-state index is 10.5. The van der Waals surface area contributed by atoms with Gasteiger partial charge in [0.05, 0.1) is 13.7 Å². The predicted octanol–water partition coefficient (Wildman–Crippen LogP) is 2.72. The molecule has 5 heteroatoms. The number of aliphatic hydroxyl groups excluding tert-OH is 1. The van der Waals surface area contributed by atoms with Gasteiger partial charge in [-0.05, 0) is 43.0 Å². The van der Waals surface area contributed by atoms with Crippen molar-refractivity contribution < 1.29 is 24.5 Å². The van der Waals surface area contributed by atoms with Crippen LogP contribution < -0.4 is 9.47 Å². The molecule has 0 spiro atoms. The van der Waals surface area contributed by atoms with Gasteiger partial charge < -0.3 is 19.7 Å². The highest BCUT2D eigenvalue weighted by molar-refractivity contribution is 5.85. The number of benzene rings is 1. The van der Waals surface area contributed by atoms with Gasteiger partial charge in [-0.15, -0.1) is 0 Å². The number of aliphatic hydroxyl groups is 1. The van der Waals surface area contributed by atoms with Crippen molar-refractivity contribution in [2.75, 3.05) is 20.3 Å². The van der Waals surface area contributed by atoms with E-state index in [9.17, 15) is 4.79 Å². The normalized spacial score (nSPS) is 10.8. The summed E-state index contributed by atoms with van der Waals surface area (Å²) in [7, 11) is 1.55. The van der Waals surface area contributed by atoms with Crippen molar-refractivity contribution in [3.63, 3.8) is 0 Å². The lowest BCUT2D eigenvalue weighted by Crippen LogP contribution is -2.00. The van der Waals surface area contributed by atoms with Crippen LogP contribution in [-0.2, 0) is 4.79 Å². The minimum absolute atomic E-state index is 0.236. The van der Waals surface area contributed by atoms with Crippen molar-refractivity contribution in [1.29, 1.82) is 0 Å². The third-order valence-electron chi connectivity index (χ3n) is 2.92. The van der Waals surface area contributed by atoms with E-state index < -0.39 is 5.97 Å². The average Bonchev–Trinajstić information content (AvgIpc) is 2.49. The van der Waals surface area contributed by atoms with E-state index in [-0.39, 0.29) is 6.61 Å². The van der Waals surface area contributed by atoms with Crippen LogP contribution in [0.2, 0.25) is 0 Å². The molecule has 1 aromatic rings. The molecule has 1 rings (SSSR count). The van der Waals surface area contributed by atoms with Crippen molar-refractivity contribution in [1.82, 2.24) is 0 Å². The monoisotopic (exact) mass is 294 g/mol. The van der Waals surface area contributed by atoms with Gasteiger partial charge in [-0.3, -0.25) is 0 Å². The summed E-state index contributed by atoms with van der Waals surface area (Å²) < 4.78 is 10.9. The standard InChI is InChI=1S/C16H22O5/c1-20-15-12-13(7-9-16(18)19)6-8-14(15)21-11-5-3-2-4-10-17/h6-9,12,17H,2-5,10-11H2,1H3,(H,18,19). The number of unbranched alkanes of at least 4 members (excludes halogenated alkanes) is 3. The van der Waals surface area contributed by atoms with Crippen LogP contribution >= 0.6 is 0 Å². The molecule has 0 aliphatic carbocycles. The van der Waals surface area contributed by atoms with Gasteiger partial charge in [-0.2, -0.15) is 0 Å². The Morgan fingerprint density at radius 3 is 2.62 bits per heavy atom. The Morgan fingerprint density at radius 1 is 1.19 bits per heavy atom. The largest absolute Gasteiger partial charge is 0.493 e. The predicted molar refractivity (Wildman–Crippen MR) is 80.7 cm³/mol. The second-order valence-corrected chi connectivity index (χ2v) is 4.57. The lowest BCUT2D eigenvalue weighted by Gasteiger charge is -2.11. The Kier molecular flexibility index (Phi) is 7.97. The van der Waals surface area contributed by atoms with Crippen LogP contribution in [0.25, 0.3) is 6.08 Å². The lowest BCUT2D eigenvalue weighted by atomic mass is 10.2. The highest BCUT2D eigenvalue weighted by Gasteiger charge is 2.05. The second kappa shape index (κ2) is 9.83. The molecule has 0 amide bonds. The molecule has 0 aliphatic heterocycles. The fourth-order valence-corrected chi connectivity index (χ4v) is 1.82. The number of hydrogen-bond donors (Lipinski definition) is 2. The zero-order valence-corrected chi connectivity index (χ0v) is 12.2. The first-order valence-electron chi connectivity index (χ1n) is 7.00. The van der Waals surface area contributed by atoms with Gasteiger partial charge in [0.2, 0.25) is 0 Å². The van der Waals surface area contributed by atoms with Gasteiger partial charge >= 0.3 is 5.97 Å². The molecule has 1 aromatic carbocycles. The molecule has 0 saturated heterocycles. The Hall–Kier alpha value is -2.01. The molecule has 0 atom stereocenters. The first kappa shape index (κ1) is 17.0. The fourth-order valence-electron chi connectivity index (χ4n) is 1.82. The number of hydrogen-bond acceptors (Lipinski definition) is 4. The highest BCUT2D eigenvalue weighted by Crippen LogP contribution is 2.28. The minimum atomic E-state index is -0.989. The number of rotatable bonds is 10. The third kappa shape index (κ3) is 6.81. The fraction of sp³-hybridized carbons (Fsp3) is 0.438. The molecule has 0 aliphatic rings. The topological polar surface area (TPSA) is 76.0 Å². The van der Waals surface area contributed by atoms with Crippen LogP contribution in [0, 0.1) is 0 Å². The van der Waals surface area contributed by atoms with Crippen molar-refractivity contribution in [2.45, 2.75) is 25.7 Å². The molecule has 0 radical (unpaired) electrons. The molecule has 5 nitrogen and oxygen atoms in total. The summed E-state index contributed by atoms with van der Waals surface area (Å²) >= 11 is 0. The Bertz CT molecular complexity index is 468.